The summed E-state index contributed by atoms with van der Waals surface area (Å²) >= 11 is 5.98. The molecule has 25 heavy (non-hydrogen) atoms. The van der Waals surface area contributed by atoms with Crippen molar-refractivity contribution in [3.05, 3.63) is 76.8 Å². The number of nitrogens with zero attached hydrogens (tertiary/aromatic N) is 2. The van der Waals surface area contributed by atoms with Crippen molar-refractivity contribution in [2.75, 3.05) is 10.6 Å². The van der Waals surface area contributed by atoms with Crippen LogP contribution in [-0.2, 0) is 0 Å². The van der Waals surface area contributed by atoms with E-state index >= 15 is 0 Å². The SMILES string of the molecule is Cc1ccc(Cl)cc1Nc1ncc(C(=O)Nc2ccccc2F)cn1. The Labute approximate surface area is 148 Å². The van der Waals surface area contributed by atoms with Gasteiger partial charge < -0.3 is 10.6 Å². The standard InChI is InChI=1S/C18H14ClFN4O/c1-11-6-7-13(19)8-16(11)24-18-21-9-12(10-22-18)17(25)23-15-5-3-2-4-14(15)20/h2-10H,1H3,(H,23,25)(H,21,22,24). The molecule has 0 aliphatic carbocycles. The minimum Gasteiger partial charge on any atom is -0.324 e. The van der Waals surface area contributed by atoms with Gasteiger partial charge in [-0.05, 0) is 36.8 Å². The first-order valence-electron chi connectivity index (χ1n) is 7.44. The molecule has 7 heteroatoms. The molecular weight excluding hydrogens is 343 g/mol. The van der Waals surface area contributed by atoms with Gasteiger partial charge in [-0.2, -0.15) is 0 Å². The number of amides is 1. The summed E-state index contributed by atoms with van der Waals surface area (Å²) in [5.41, 5.74) is 2.08. The smallest absolute Gasteiger partial charge is 0.258 e. The van der Waals surface area contributed by atoms with Crippen LogP contribution >= 0.6 is 11.6 Å². The number of hydrogen-bond donors (Lipinski definition) is 2. The van der Waals surface area contributed by atoms with Gasteiger partial charge in [-0.3, -0.25) is 4.79 Å². The minimum absolute atomic E-state index is 0.101. The van der Waals surface area contributed by atoms with E-state index in [9.17, 15) is 9.18 Å². The number of halogens is 2. The molecule has 1 aromatic heterocycles. The number of anilines is 3. The van der Waals surface area contributed by atoms with E-state index in [4.69, 9.17) is 11.6 Å². The topological polar surface area (TPSA) is 66.9 Å². The fourth-order valence-corrected chi connectivity index (χ4v) is 2.29. The van der Waals surface area contributed by atoms with Crippen LogP contribution in [0, 0.1) is 12.7 Å². The normalized spacial score (nSPS) is 10.4. The number of benzene rings is 2. The Morgan fingerprint density at radius 1 is 1.08 bits per heavy atom. The van der Waals surface area contributed by atoms with Crippen molar-refractivity contribution in [3.8, 4) is 0 Å². The van der Waals surface area contributed by atoms with Crippen LogP contribution in [0.5, 0.6) is 0 Å². The maximum absolute atomic E-state index is 13.6. The second-order valence-electron chi connectivity index (χ2n) is 5.31. The summed E-state index contributed by atoms with van der Waals surface area (Å²) in [6, 6.07) is 11.4. The molecule has 0 saturated heterocycles. The molecule has 0 aliphatic rings. The zero-order valence-electron chi connectivity index (χ0n) is 13.3. The van der Waals surface area contributed by atoms with Crippen LogP contribution in [0.4, 0.5) is 21.7 Å². The number of rotatable bonds is 4. The Hall–Kier alpha value is -2.99. The van der Waals surface area contributed by atoms with E-state index in [1.807, 2.05) is 13.0 Å². The number of aryl methyl sites for hydroxylation is 1. The first-order valence-corrected chi connectivity index (χ1v) is 7.82. The number of nitrogens with one attached hydrogen (secondary N) is 2. The molecule has 126 valence electrons. The highest BCUT2D eigenvalue weighted by atomic mass is 35.5. The molecule has 0 atom stereocenters. The molecule has 2 aromatic carbocycles. The minimum atomic E-state index is -0.508. The Morgan fingerprint density at radius 3 is 2.52 bits per heavy atom. The highest BCUT2D eigenvalue weighted by Crippen LogP contribution is 2.22. The van der Waals surface area contributed by atoms with E-state index in [-0.39, 0.29) is 11.3 Å². The van der Waals surface area contributed by atoms with Crippen molar-refractivity contribution in [1.29, 1.82) is 0 Å². The van der Waals surface area contributed by atoms with Gasteiger partial charge in [0.15, 0.2) is 0 Å². The monoisotopic (exact) mass is 356 g/mol. The molecule has 5 nitrogen and oxygen atoms in total. The van der Waals surface area contributed by atoms with Gasteiger partial charge in [-0.15, -0.1) is 0 Å². The molecule has 0 spiro atoms. The lowest BCUT2D eigenvalue weighted by Gasteiger charge is -2.09. The van der Waals surface area contributed by atoms with Crippen LogP contribution in [0.25, 0.3) is 0 Å². The van der Waals surface area contributed by atoms with Gasteiger partial charge in [0.1, 0.15) is 5.82 Å². The first-order chi connectivity index (χ1) is 12.0. The van der Waals surface area contributed by atoms with E-state index in [1.165, 1.54) is 24.5 Å². The number of carbonyl (C=O) groups excluding carboxylic acids is 1. The third-order valence-corrected chi connectivity index (χ3v) is 3.72. The average molecular weight is 357 g/mol. The van der Waals surface area contributed by atoms with Gasteiger partial charge in [0.05, 0.1) is 11.3 Å². The van der Waals surface area contributed by atoms with Gasteiger partial charge in [-0.1, -0.05) is 29.8 Å². The summed E-state index contributed by atoms with van der Waals surface area (Å²) in [6.45, 7) is 1.93. The summed E-state index contributed by atoms with van der Waals surface area (Å²) in [4.78, 5) is 20.4. The number of hydrogen-bond acceptors (Lipinski definition) is 4. The second-order valence-corrected chi connectivity index (χ2v) is 5.75. The average Bonchev–Trinajstić information content (AvgIpc) is 2.61. The van der Waals surface area contributed by atoms with Crippen LogP contribution in [0.3, 0.4) is 0 Å². The van der Waals surface area contributed by atoms with Crippen molar-refractivity contribution in [2.24, 2.45) is 0 Å². The molecule has 0 unspecified atom stereocenters. The lowest BCUT2D eigenvalue weighted by molar-refractivity contribution is 0.102. The second kappa shape index (κ2) is 7.27. The van der Waals surface area contributed by atoms with Crippen LogP contribution in [0.2, 0.25) is 5.02 Å². The Bertz CT molecular complexity index is 915. The first kappa shape index (κ1) is 16.9. The van der Waals surface area contributed by atoms with Gasteiger partial charge in [0.25, 0.3) is 5.91 Å². The van der Waals surface area contributed by atoms with Crippen LogP contribution in [-0.4, -0.2) is 15.9 Å². The zero-order valence-corrected chi connectivity index (χ0v) is 14.0. The highest BCUT2D eigenvalue weighted by molar-refractivity contribution is 6.30. The quantitative estimate of drug-likeness (QED) is 0.718. The fraction of sp³-hybridized carbons (Fsp3) is 0.0556. The van der Waals surface area contributed by atoms with Gasteiger partial charge >= 0.3 is 0 Å². The van der Waals surface area contributed by atoms with Gasteiger partial charge in [-0.25, -0.2) is 14.4 Å². The lowest BCUT2D eigenvalue weighted by atomic mass is 10.2. The highest BCUT2D eigenvalue weighted by Gasteiger charge is 2.10. The molecule has 0 radical (unpaired) electrons. The summed E-state index contributed by atoms with van der Waals surface area (Å²) in [5, 5.41) is 6.11. The molecule has 0 aliphatic heterocycles. The van der Waals surface area contributed by atoms with Crippen molar-refractivity contribution < 1.29 is 9.18 Å². The molecular formula is C18H14ClFN4O. The Balaban J connectivity index is 1.72. The molecule has 0 bridgehead atoms. The maximum Gasteiger partial charge on any atom is 0.258 e. The van der Waals surface area contributed by atoms with Crippen LogP contribution in [0.15, 0.2) is 54.9 Å². The van der Waals surface area contributed by atoms with E-state index in [2.05, 4.69) is 20.6 Å². The largest absolute Gasteiger partial charge is 0.324 e. The predicted octanol–water partition coefficient (Wildman–Crippen LogP) is 4.57. The predicted molar refractivity (Wildman–Crippen MR) is 95.9 cm³/mol. The van der Waals surface area contributed by atoms with Crippen molar-refractivity contribution in [1.82, 2.24) is 9.97 Å². The van der Waals surface area contributed by atoms with Crippen LogP contribution in [0.1, 0.15) is 15.9 Å². The zero-order chi connectivity index (χ0) is 17.8. The van der Waals surface area contributed by atoms with Crippen molar-refractivity contribution in [2.45, 2.75) is 6.92 Å². The number of para-hydroxylation sites is 1. The fourth-order valence-electron chi connectivity index (χ4n) is 2.12. The summed E-state index contributed by atoms with van der Waals surface area (Å²) in [7, 11) is 0. The maximum atomic E-state index is 13.6. The van der Waals surface area contributed by atoms with E-state index < -0.39 is 11.7 Å². The molecule has 3 rings (SSSR count). The summed E-state index contributed by atoms with van der Waals surface area (Å²) in [6.07, 6.45) is 2.73. The van der Waals surface area contributed by atoms with Crippen molar-refractivity contribution in [3.63, 3.8) is 0 Å². The van der Waals surface area contributed by atoms with Crippen molar-refractivity contribution >= 4 is 34.8 Å². The van der Waals surface area contributed by atoms with Gasteiger partial charge in [0.2, 0.25) is 5.95 Å². The summed E-state index contributed by atoms with van der Waals surface area (Å²) in [5.74, 6) is -0.671. The Kier molecular flexibility index (Phi) is 4.90. The molecule has 0 saturated carbocycles. The molecule has 1 amide bonds. The van der Waals surface area contributed by atoms with E-state index in [0.29, 0.717) is 11.0 Å². The van der Waals surface area contributed by atoms with E-state index in [0.717, 1.165) is 11.3 Å². The van der Waals surface area contributed by atoms with E-state index in [1.54, 1.807) is 24.3 Å². The van der Waals surface area contributed by atoms with Gasteiger partial charge in [0, 0.05) is 23.1 Å². The summed E-state index contributed by atoms with van der Waals surface area (Å²) < 4.78 is 13.6. The molecule has 3 aromatic rings. The molecule has 0 fully saturated rings. The van der Waals surface area contributed by atoms with Crippen LogP contribution < -0.4 is 10.6 Å². The third kappa shape index (κ3) is 4.10. The third-order valence-electron chi connectivity index (χ3n) is 3.48. The number of aromatic nitrogens is 2. The molecule has 1 heterocycles. The lowest BCUT2D eigenvalue weighted by Crippen LogP contribution is -2.14. The number of carbonyl (C=O) groups is 1. The molecule has 2 N–H and O–H groups in total. The Morgan fingerprint density at radius 2 is 1.80 bits per heavy atom.